The van der Waals surface area contributed by atoms with Crippen molar-refractivity contribution in [1.29, 1.82) is 0 Å². The predicted molar refractivity (Wildman–Crippen MR) is 80.1 cm³/mol. The van der Waals surface area contributed by atoms with E-state index in [1.165, 1.54) is 19.3 Å². The van der Waals surface area contributed by atoms with Gasteiger partial charge in [0.05, 0.1) is 11.9 Å². The number of pyridine rings is 1. The van der Waals surface area contributed by atoms with Crippen LogP contribution in [0.1, 0.15) is 50.0 Å². The number of nitrogens with zero attached hydrogens (tertiary/aromatic N) is 1. The number of rotatable bonds is 4. The number of aromatic nitrogens is 1. The molecule has 4 N–H and O–H groups in total. The van der Waals surface area contributed by atoms with Gasteiger partial charge in [0.25, 0.3) is 5.91 Å². The van der Waals surface area contributed by atoms with E-state index in [9.17, 15) is 4.79 Å². The fourth-order valence-electron chi connectivity index (χ4n) is 2.99. The van der Waals surface area contributed by atoms with Crippen LogP contribution < -0.4 is 16.6 Å². The summed E-state index contributed by atoms with van der Waals surface area (Å²) in [5, 5.41) is 3.15. The highest BCUT2D eigenvalue weighted by atomic mass is 16.1. The fourth-order valence-corrected chi connectivity index (χ4v) is 2.99. The van der Waals surface area contributed by atoms with E-state index in [0.29, 0.717) is 23.2 Å². The maximum absolute atomic E-state index is 12.3. The van der Waals surface area contributed by atoms with Gasteiger partial charge in [0.2, 0.25) is 0 Å². The second-order valence-electron chi connectivity index (χ2n) is 5.85. The molecule has 0 bridgehead atoms. The molecule has 1 aromatic rings. The SMILES string of the molecule is CC(C)C1CCCCC1NC(=O)c1ccc(NN)cn1. The molecule has 0 saturated heterocycles. The lowest BCUT2D eigenvalue weighted by atomic mass is 9.78. The van der Waals surface area contributed by atoms with Gasteiger partial charge in [-0.25, -0.2) is 4.98 Å². The predicted octanol–water partition coefficient (Wildman–Crippen LogP) is 2.31. The molecule has 1 aliphatic carbocycles. The lowest BCUT2D eigenvalue weighted by Crippen LogP contribution is -2.44. The summed E-state index contributed by atoms with van der Waals surface area (Å²) in [6.07, 6.45) is 6.29. The highest BCUT2D eigenvalue weighted by Crippen LogP contribution is 2.30. The number of nitrogen functional groups attached to an aromatic ring is 1. The molecule has 0 aromatic carbocycles. The zero-order chi connectivity index (χ0) is 14.5. The van der Waals surface area contributed by atoms with Crippen molar-refractivity contribution in [3.8, 4) is 0 Å². The minimum Gasteiger partial charge on any atom is -0.348 e. The number of hydrazine groups is 1. The van der Waals surface area contributed by atoms with Gasteiger partial charge >= 0.3 is 0 Å². The molecule has 0 aliphatic heterocycles. The number of anilines is 1. The molecule has 0 spiro atoms. The van der Waals surface area contributed by atoms with Gasteiger partial charge in [0.15, 0.2) is 0 Å². The molecule has 2 rings (SSSR count). The van der Waals surface area contributed by atoms with Gasteiger partial charge in [0.1, 0.15) is 5.69 Å². The first-order chi connectivity index (χ1) is 9.61. The van der Waals surface area contributed by atoms with Crippen molar-refractivity contribution in [2.75, 3.05) is 5.43 Å². The molecule has 110 valence electrons. The lowest BCUT2D eigenvalue weighted by Gasteiger charge is -2.34. The summed E-state index contributed by atoms with van der Waals surface area (Å²) in [5.41, 5.74) is 3.64. The Bertz CT molecular complexity index is 444. The third-order valence-electron chi connectivity index (χ3n) is 4.15. The molecule has 2 unspecified atom stereocenters. The number of nitrogens with one attached hydrogen (secondary N) is 2. The maximum atomic E-state index is 12.3. The molecular weight excluding hydrogens is 252 g/mol. The molecule has 1 heterocycles. The Balaban J connectivity index is 2.01. The Kier molecular flexibility index (Phi) is 4.95. The summed E-state index contributed by atoms with van der Waals surface area (Å²) >= 11 is 0. The molecule has 0 radical (unpaired) electrons. The summed E-state index contributed by atoms with van der Waals surface area (Å²) < 4.78 is 0. The van der Waals surface area contributed by atoms with Crippen molar-refractivity contribution >= 4 is 11.6 Å². The van der Waals surface area contributed by atoms with Crippen molar-refractivity contribution in [2.45, 2.75) is 45.6 Å². The van der Waals surface area contributed by atoms with Gasteiger partial charge in [0, 0.05) is 6.04 Å². The van der Waals surface area contributed by atoms with E-state index in [1.54, 1.807) is 18.3 Å². The number of carbonyl (C=O) groups excluding carboxylic acids is 1. The molecule has 1 saturated carbocycles. The van der Waals surface area contributed by atoms with Crippen LogP contribution in [0.15, 0.2) is 18.3 Å². The van der Waals surface area contributed by atoms with Gasteiger partial charge in [-0.2, -0.15) is 0 Å². The van der Waals surface area contributed by atoms with Crippen LogP contribution >= 0.6 is 0 Å². The van der Waals surface area contributed by atoms with Crippen molar-refractivity contribution < 1.29 is 4.79 Å². The molecule has 1 aromatic heterocycles. The Hall–Kier alpha value is -1.62. The van der Waals surface area contributed by atoms with Gasteiger partial charge in [-0.3, -0.25) is 10.6 Å². The quantitative estimate of drug-likeness (QED) is 0.582. The minimum atomic E-state index is -0.0916. The zero-order valence-corrected chi connectivity index (χ0v) is 12.2. The second kappa shape index (κ2) is 6.70. The Morgan fingerprint density at radius 1 is 1.35 bits per heavy atom. The Labute approximate surface area is 120 Å². The smallest absolute Gasteiger partial charge is 0.270 e. The molecule has 2 atom stereocenters. The normalized spacial score (nSPS) is 22.6. The topological polar surface area (TPSA) is 80.0 Å². The van der Waals surface area contributed by atoms with Gasteiger partial charge in [-0.05, 0) is 36.8 Å². The number of hydrogen-bond acceptors (Lipinski definition) is 4. The first kappa shape index (κ1) is 14.8. The molecule has 5 heteroatoms. The number of hydrogen-bond donors (Lipinski definition) is 3. The third kappa shape index (κ3) is 3.48. The summed E-state index contributed by atoms with van der Waals surface area (Å²) in [7, 11) is 0. The minimum absolute atomic E-state index is 0.0916. The van der Waals surface area contributed by atoms with E-state index in [4.69, 9.17) is 5.84 Å². The van der Waals surface area contributed by atoms with E-state index in [0.717, 1.165) is 6.42 Å². The second-order valence-corrected chi connectivity index (χ2v) is 5.85. The van der Waals surface area contributed by atoms with E-state index >= 15 is 0 Å². The van der Waals surface area contributed by atoms with Crippen molar-refractivity contribution in [2.24, 2.45) is 17.7 Å². The fraction of sp³-hybridized carbons (Fsp3) is 0.600. The molecular formula is C15H24N4O. The van der Waals surface area contributed by atoms with Gasteiger partial charge in [-0.1, -0.05) is 26.7 Å². The van der Waals surface area contributed by atoms with Crippen molar-refractivity contribution in [3.05, 3.63) is 24.0 Å². The zero-order valence-electron chi connectivity index (χ0n) is 12.2. The van der Waals surface area contributed by atoms with Crippen LogP contribution in [0.4, 0.5) is 5.69 Å². The van der Waals surface area contributed by atoms with Crippen LogP contribution in [-0.2, 0) is 0 Å². The van der Waals surface area contributed by atoms with Crippen LogP contribution in [0.3, 0.4) is 0 Å². The average Bonchev–Trinajstić information content (AvgIpc) is 2.47. The lowest BCUT2D eigenvalue weighted by molar-refractivity contribution is 0.0884. The average molecular weight is 276 g/mol. The summed E-state index contributed by atoms with van der Waals surface area (Å²) in [6.45, 7) is 4.46. The summed E-state index contributed by atoms with van der Waals surface area (Å²) in [5.74, 6) is 6.36. The van der Waals surface area contributed by atoms with Crippen LogP contribution in [-0.4, -0.2) is 16.9 Å². The molecule has 20 heavy (non-hydrogen) atoms. The van der Waals surface area contributed by atoms with Crippen molar-refractivity contribution in [3.63, 3.8) is 0 Å². The molecule has 5 nitrogen and oxygen atoms in total. The molecule has 1 aliphatic rings. The largest absolute Gasteiger partial charge is 0.348 e. The number of nitrogens with two attached hydrogens (primary N) is 1. The highest BCUT2D eigenvalue weighted by Gasteiger charge is 2.29. The molecule has 1 fully saturated rings. The summed E-state index contributed by atoms with van der Waals surface area (Å²) in [6, 6.07) is 3.71. The van der Waals surface area contributed by atoms with Crippen LogP contribution in [0.2, 0.25) is 0 Å². The van der Waals surface area contributed by atoms with Gasteiger partial charge < -0.3 is 10.7 Å². The monoisotopic (exact) mass is 276 g/mol. The Morgan fingerprint density at radius 2 is 2.10 bits per heavy atom. The first-order valence-corrected chi connectivity index (χ1v) is 7.35. The van der Waals surface area contributed by atoms with Crippen LogP contribution in [0, 0.1) is 11.8 Å². The highest BCUT2D eigenvalue weighted by molar-refractivity contribution is 5.92. The van der Waals surface area contributed by atoms with Crippen LogP contribution in [0.5, 0.6) is 0 Å². The van der Waals surface area contributed by atoms with E-state index in [-0.39, 0.29) is 11.9 Å². The standard InChI is InChI=1S/C15H24N4O/c1-10(2)12-5-3-4-6-13(12)18-15(20)14-8-7-11(19-16)9-17-14/h7-10,12-13,19H,3-6,16H2,1-2H3,(H,18,20). The van der Waals surface area contributed by atoms with E-state index in [2.05, 4.69) is 29.6 Å². The molecule has 1 amide bonds. The summed E-state index contributed by atoms with van der Waals surface area (Å²) in [4.78, 5) is 16.4. The van der Waals surface area contributed by atoms with Crippen molar-refractivity contribution in [1.82, 2.24) is 10.3 Å². The van der Waals surface area contributed by atoms with Gasteiger partial charge in [-0.15, -0.1) is 0 Å². The maximum Gasteiger partial charge on any atom is 0.270 e. The Morgan fingerprint density at radius 3 is 2.70 bits per heavy atom. The van der Waals surface area contributed by atoms with E-state index in [1.807, 2.05) is 0 Å². The third-order valence-corrected chi connectivity index (χ3v) is 4.15. The van der Waals surface area contributed by atoms with E-state index < -0.39 is 0 Å². The van der Waals surface area contributed by atoms with Crippen LogP contribution in [0.25, 0.3) is 0 Å². The first-order valence-electron chi connectivity index (χ1n) is 7.35. The number of amides is 1. The number of carbonyl (C=O) groups is 1.